The third-order valence-electron chi connectivity index (χ3n) is 7.83. The second-order valence-corrected chi connectivity index (χ2v) is 16.8. The Kier molecular flexibility index (Phi) is 15.6. The number of nitrogens with one attached hydrogen (secondary N) is 2. The molecule has 0 aromatic rings. The molecule has 1 aliphatic carbocycles. The second-order valence-electron chi connectivity index (χ2n) is 13.4. The SMILES string of the molecule is C=C(C=C(C)Cl)C[C@H](CS(=O)(=O)C(C)(C)C)C(=O)NC[C@@H](C)C(=O)N[C@@H](CC1CCCCC1)[C@@H](O)[C@@H](O)CC(C)C. The van der Waals surface area contributed by atoms with Crippen molar-refractivity contribution in [3.63, 3.8) is 0 Å². The molecule has 41 heavy (non-hydrogen) atoms. The van der Waals surface area contributed by atoms with Crippen molar-refractivity contribution in [1.29, 1.82) is 0 Å². The molecule has 8 nitrogen and oxygen atoms in total. The molecule has 0 unspecified atom stereocenters. The lowest BCUT2D eigenvalue weighted by Gasteiger charge is -2.33. The fourth-order valence-corrected chi connectivity index (χ4v) is 6.62. The minimum Gasteiger partial charge on any atom is -0.390 e. The summed E-state index contributed by atoms with van der Waals surface area (Å²) in [5.74, 6) is -2.17. The topological polar surface area (TPSA) is 133 Å². The predicted molar refractivity (Wildman–Crippen MR) is 167 cm³/mol. The van der Waals surface area contributed by atoms with Crippen molar-refractivity contribution in [2.24, 2.45) is 23.7 Å². The summed E-state index contributed by atoms with van der Waals surface area (Å²) in [6.45, 7) is 16.0. The first kappa shape index (κ1) is 37.6. The molecule has 0 radical (unpaired) electrons. The minimum atomic E-state index is -3.61. The van der Waals surface area contributed by atoms with Crippen LogP contribution in [0.2, 0.25) is 0 Å². The molecule has 0 bridgehead atoms. The average molecular weight is 619 g/mol. The number of halogens is 1. The van der Waals surface area contributed by atoms with Gasteiger partial charge in [0, 0.05) is 11.6 Å². The molecular weight excluding hydrogens is 564 g/mol. The van der Waals surface area contributed by atoms with E-state index in [2.05, 4.69) is 17.2 Å². The number of carbonyl (C=O) groups is 2. The van der Waals surface area contributed by atoms with E-state index in [1.165, 1.54) is 6.42 Å². The van der Waals surface area contributed by atoms with Crippen LogP contribution < -0.4 is 10.6 Å². The lowest BCUT2D eigenvalue weighted by atomic mass is 9.82. The zero-order valence-electron chi connectivity index (χ0n) is 26.2. The smallest absolute Gasteiger partial charge is 0.224 e. The van der Waals surface area contributed by atoms with E-state index in [-0.39, 0.29) is 30.5 Å². The summed E-state index contributed by atoms with van der Waals surface area (Å²) >= 11 is 5.95. The molecule has 238 valence electrons. The van der Waals surface area contributed by atoms with Gasteiger partial charge in [0.1, 0.15) is 6.10 Å². The Hall–Kier alpha value is -1.42. The number of sulfone groups is 1. The fraction of sp³-hybridized carbons (Fsp3) is 0.806. The molecular formula is C31H55ClN2O6S. The van der Waals surface area contributed by atoms with Crippen LogP contribution in [0.5, 0.6) is 0 Å². The van der Waals surface area contributed by atoms with Crippen LogP contribution >= 0.6 is 11.6 Å². The van der Waals surface area contributed by atoms with Crippen LogP contribution in [0.1, 0.15) is 99.8 Å². The van der Waals surface area contributed by atoms with Gasteiger partial charge >= 0.3 is 0 Å². The van der Waals surface area contributed by atoms with Gasteiger partial charge in [0.2, 0.25) is 11.8 Å². The van der Waals surface area contributed by atoms with Crippen LogP contribution in [0.25, 0.3) is 0 Å². The molecule has 0 saturated heterocycles. The largest absolute Gasteiger partial charge is 0.390 e. The highest BCUT2D eigenvalue weighted by Gasteiger charge is 2.35. The van der Waals surface area contributed by atoms with Crippen LogP contribution in [0.4, 0.5) is 0 Å². The first-order valence-corrected chi connectivity index (χ1v) is 17.0. The van der Waals surface area contributed by atoms with E-state index in [1.807, 2.05) is 13.8 Å². The van der Waals surface area contributed by atoms with Gasteiger partial charge in [-0.2, -0.15) is 0 Å². The maximum absolute atomic E-state index is 13.2. The van der Waals surface area contributed by atoms with Gasteiger partial charge in [-0.15, -0.1) is 0 Å². The quantitative estimate of drug-likeness (QED) is 0.182. The predicted octanol–water partition coefficient (Wildman–Crippen LogP) is 4.88. The highest BCUT2D eigenvalue weighted by molar-refractivity contribution is 7.92. The van der Waals surface area contributed by atoms with Gasteiger partial charge < -0.3 is 20.8 Å². The lowest BCUT2D eigenvalue weighted by molar-refractivity contribution is -0.128. The number of hydrogen-bond donors (Lipinski definition) is 4. The molecule has 0 heterocycles. The van der Waals surface area contributed by atoms with Crippen molar-refractivity contribution >= 4 is 33.3 Å². The van der Waals surface area contributed by atoms with Gasteiger partial charge in [0.05, 0.1) is 34.5 Å². The molecule has 0 spiro atoms. The maximum atomic E-state index is 13.2. The summed E-state index contributed by atoms with van der Waals surface area (Å²) in [6.07, 6.45) is 6.17. The Labute approximate surface area is 253 Å². The Bertz CT molecular complexity index is 995. The van der Waals surface area contributed by atoms with Crippen molar-refractivity contribution in [2.75, 3.05) is 12.3 Å². The third kappa shape index (κ3) is 13.6. The zero-order valence-corrected chi connectivity index (χ0v) is 27.8. The van der Waals surface area contributed by atoms with E-state index in [4.69, 9.17) is 11.6 Å². The molecule has 0 aromatic heterocycles. The van der Waals surface area contributed by atoms with Gasteiger partial charge in [0.15, 0.2) is 9.84 Å². The molecule has 2 amide bonds. The standard InChI is InChI=1S/C31H55ClN2O6S/c1-20(2)14-27(35)28(36)26(17-24-12-10-9-11-13-24)34-29(37)22(4)18-33-30(38)25(16-21(3)15-23(5)32)19-41(39,40)31(6,7)8/h15,20,22,24-28,35-36H,3,9-14,16-19H2,1-2,4-8H3,(H,33,38)(H,34,37)/t22-,25-,26+,27+,28-/m1/s1. The summed E-state index contributed by atoms with van der Waals surface area (Å²) in [5, 5.41) is 27.8. The number of hydrogen-bond acceptors (Lipinski definition) is 6. The number of carbonyl (C=O) groups excluding carboxylic acids is 2. The van der Waals surface area contributed by atoms with Gasteiger partial charge in [-0.1, -0.05) is 76.6 Å². The summed E-state index contributed by atoms with van der Waals surface area (Å²) in [7, 11) is -3.61. The van der Waals surface area contributed by atoms with Crippen LogP contribution in [-0.2, 0) is 19.4 Å². The van der Waals surface area contributed by atoms with E-state index in [9.17, 15) is 28.2 Å². The maximum Gasteiger partial charge on any atom is 0.224 e. The fourth-order valence-electron chi connectivity index (χ4n) is 5.17. The summed E-state index contributed by atoms with van der Waals surface area (Å²) in [4.78, 5) is 26.4. The van der Waals surface area contributed by atoms with E-state index >= 15 is 0 Å². The van der Waals surface area contributed by atoms with E-state index in [0.29, 0.717) is 29.4 Å². The Balaban J connectivity index is 2.96. The summed E-state index contributed by atoms with van der Waals surface area (Å²) in [6, 6.07) is -0.601. The van der Waals surface area contributed by atoms with Crippen molar-refractivity contribution < 1.29 is 28.2 Å². The molecule has 0 aliphatic heterocycles. The van der Waals surface area contributed by atoms with Gasteiger partial charge in [0.25, 0.3) is 0 Å². The van der Waals surface area contributed by atoms with Gasteiger partial charge in [-0.3, -0.25) is 9.59 Å². The van der Waals surface area contributed by atoms with Gasteiger partial charge in [-0.25, -0.2) is 8.42 Å². The molecule has 1 saturated carbocycles. The first-order valence-electron chi connectivity index (χ1n) is 15.0. The van der Waals surface area contributed by atoms with Crippen LogP contribution in [0, 0.1) is 23.7 Å². The Morgan fingerprint density at radius 1 is 1.07 bits per heavy atom. The second kappa shape index (κ2) is 17.0. The number of amides is 2. The number of allylic oxidation sites excluding steroid dienone is 3. The number of aliphatic hydroxyl groups excluding tert-OH is 2. The Morgan fingerprint density at radius 2 is 1.66 bits per heavy atom. The zero-order chi connectivity index (χ0) is 31.5. The molecule has 4 N–H and O–H groups in total. The minimum absolute atomic E-state index is 0.00558. The van der Waals surface area contributed by atoms with Crippen molar-refractivity contribution in [1.82, 2.24) is 10.6 Å². The molecule has 1 fully saturated rings. The highest BCUT2D eigenvalue weighted by atomic mass is 35.5. The summed E-state index contributed by atoms with van der Waals surface area (Å²) < 4.78 is 24.8. The molecule has 5 atom stereocenters. The molecule has 1 rings (SSSR count). The van der Waals surface area contributed by atoms with Crippen LogP contribution in [-0.4, -0.2) is 65.7 Å². The number of aliphatic hydroxyl groups is 2. The lowest BCUT2D eigenvalue weighted by Crippen LogP contribution is -2.52. The van der Waals surface area contributed by atoms with Crippen LogP contribution in [0.15, 0.2) is 23.3 Å². The average Bonchev–Trinajstić information content (AvgIpc) is 2.84. The molecule has 1 aliphatic rings. The highest BCUT2D eigenvalue weighted by Crippen LogP contribution is 2.29. The Morgan fingerprint density at radius 3 is 2.17 bits per heavy atom. The molecule has 0 aromatic carbocycles. The first-order chi connectivity index (χ1) is 18.8. The summed E-state index contributed by atoms with van der Waals surface area (Å²) in [5.41, 5.74) is 0.534. The van der Waals surface area contributed by atoms with Crippen molar-refractivity contribution in [3.05, 3.63) is 23.3 Å². The van der Waals surface area contributed by atoms with E-state index in [0.717, 1.165) is 25.7 Å². The number of rotatable bonds is 16. The normalized spacial score (nSPS) is 19.2. The monoisotopic (exact) mass is 618 g/mol. The van der Waals surface area contributed by atoms with Gasteiger partial charge in [-0.05, 0) is 64.9 Å². The van der Waals surface area contributed by atoms with Crippen LogP contribution in [0.3, 0.4) is 0 Å². The van der Waals surface area contributed by atoms with E-state index in [1.54, 1.807) is 40.7 Å². The third-order valence-corrected chi connectivity index (χ3v) is 10.6. The van der Waals surface area contributed by atoms with Crippen molar-refractivity contribution in [2.45, 2.75) is 123 Å². The van der Waals surface area contributed by atoms with Crippen molar-refractivity contribution in [3.8, 4) is 0 Å². The molecule has 10 heteroatoms. The van der Waals surface area contributed by atoms with E-state index < -0.39 is 50.6 Å².